The fourth-order valence-corrected chi connectivity index (χ4v) is 2.87. The Bertz CT molecular complexity index is 898. The van der Waals surface area contributed by atoms with Crippen LogP contribution in [0.5, 0.6) is 0 Å². The van der Waals surface area contributed by atoms with Crippen LogP contribution in [0.25, 0.3) is 11.0 Å². The van der Waals surface area contributed by atoms with E-state index in [2.05, 4.69) is 0 Å². The van der Waals surface area contributed by atoms with Crippen molar-refractivity contribution < 1.29 is 5.11 Å². The van der Waals surface area contributed by atoms with Gasteiger partial charge in [0.25, 0.3) is 0 Å². The Morgan fingerprint density at radius 2 is 1.77 bits per heavy atom. The summed E-state index contributed by atoms with van der Waals surface area (Å²) < 4.78 is 3.57. The zero-order valence-corrected chi connectivity index (χ0v) is 13.4. The Kier molecular flexibility index (Phi) is 4.00. The molecule has 1 aromatic heterocycles. The number of hydrogen-bond acceptors (Lipinski definition) is 2. The molecule has 0 fully saturated rings. The molecule has 0 spiro atoms. The standard InChI is InChI=1S/C16H15Cl2N3O/c1-20-13-4-2-3-5-14(13)21(16(20)19)9-15(22)10-6-7-11(17)12(18)8-10/h2-8,15,19,22H,9H2,1H3/t15-/m0/s1. The van der Waals surface area contributed by atoms with Crippen LogP contribution in [0.15, 0.2) is 42.5 Å². The zero-order valence-electron chi connectivity index (χ0n) is 11.9. The molecule has 22 heavy (non-hydrogen) atoms. The molecule has 0 aliphatic rings. The molecule has 0 saturated carbocycles. The van der Waals surface area contributed by atoms with Crippen molar-refractivity contribution in [3.8, 4) is 0 Å². The van der Waals surface area contributed by atoms with Gasteiger partial charge in [-0.1, -0.05) is 41.4 Å². The molecule has 0 amide bonds. The van der Waals surface area contributed by atoms with Crippen molar-refractivity contribution in [3.63, 3.8) is 0 Å². The molecule has 3 rings (SSSR count). The minimum atomic E-state index is -0.769. The van der Waals surface area contributed by atoms with E-state index in [0.717, 1.165) is 11.0 Å². The first-order valence-electron chi connectivity index (χ1n) is 6.81. The normalized spacial score (nSPS) is 12.7. The van der Waals surface area contributed by atoms with Crippen LogP contribution in [0, 0.1) is 5.41 Å². The molecule has 0 aliphatic heterocycles. The molecule has 1 atom stereocenters. The van der Waals surface area contributed by atoms with Gasteiger partial charge in [0.1, 0.15) is 0 Å². The van der Waals surface area contributed by atoms with E-state index in [1.165, 1.54) is 0 Å². The van der Waals surface area contributed by atoms with Crippen LogP contribution < -0.4 is 5.62 Å². The molecular weight excluding hydrogens is 321 g/mol. The predicted octanol–water partition coefficient (Wildman–Crippen LogP) is 3.50. The third-order valence-electron chi connectivity index (χ3n) is 3.79. The summed E-state index contributed by atoms with van der Waals surface area (Å²) in [4.78, 5) is 0. The number of benzene rings is 2. The van der Waals surface area contributed by atoms with Gasteiger partial charge in [-0.05, 0) is 29.8 Å². The van der Waals surface area contributed by atoms with Gasteiger partial charge in [-0.3, -0.25) is 5.41 Å². The Morgan fingerprint density at radius 3 is 2.45 bits per heavy atom. The van der Waals surface area contributed by atoms with Crippen LogP contribution in [0.3, 0.4) is 0 Å². The van der Waals surface area contributed by atoms with Gasteiger partial charge in [0, 0.05) is 7.05 Å². The number of aliphatic hydroxyl groups is 1. The molecule has 0 saturated heterocycles. The van der Waals surface area contributed by atoms with E-state index < -0.39 is 6.10 Å². The van der Waals surface area contributed by atoms with E-state index in [-0.39, 0.29) is 6.54 Å². The van der Waals surface area contributed by atoms with Gasteiger partial charge in [0.05, 0.1) is 33.7 Å². The average Bonchev–Trinajstić information content (AvgIpc) is 2.75. The van der Waals surface area contributed by atoms with E-state index in [1.807, 2.05) is 31.3 Å². The van der Waals surface area contributed by atoms with Crippen LogP contribution in [-0.2, 0) is 13.6 Å². The number of fused-ring (bicyclic) bond motifs is 1. The lowest BCUT2D eigenvalue weighted by Gasteiger charge is -2.13. The summed E-state index contributed by atoms with van der Waals surface area (Å²) in [5.74, 6) is 0. The van der Waals surface area contributed by atoms with E-state index in [4.69, 9.17) is 28.6 Å². The first-order valence-corrected chi connectivity index (χ1v) is 7.56. The monoisotopic (exact) mass is 335 g/mol. The number of aryl methyl sites for hydroxylation is 1. The van der Waals surface area contributed by atoms with Gasteiger partial charge >= 0.3 is 0 Å². The number of aliphatic hydroxyl groups excluding tert-OH is 1. The van der Waals surface area contributed by atoms with Crippen molar-refractivity contribution in [3.05, 3.63) is 63.7 Å². The highest BCUT2D eigenvalue weighted by Crippen LogP contribution is 2.26. The van der Waals surface area contributed by atoms with Gasteiger partial charge in [-0.2, -0.15) is 0 Å². The predicted molar refractivity (Wildman–Crippen MR) is 88.2 cm³/mol. The molecule has 0 radical (unpaired) electrons. The fraction of sp³-hybridized carbons (Fsp3) is 0.188. The Hall–Kier alpha value is -1.75. The molecule has 0 bridgehead atoms. The lowest BCUT2D eigenvalue weighted by molar-refractivity contribution is 0.156. The molecule has 2 N–H and O–H groups in total. The summed E-state index contributed by atoms with van der Waals surface area (Å²) in [6.45, 7) is 0.276. The van der Waals surface area contributed by atoms with Crippen molar-refractivity contribution >= 4 is 34.2 Å². The molecule has 0 unspecified atom stereocenters. The van der Waals surface area contributed by atoms with Crippen molar-refractivity contribution in [2.75, 3.05) is 0 Å². The first kappa shape index (κ1) is 15.2. The molecule has 2 aromatic carbocycles. The van der Waals surface area contributed by atoms with E-state index in [0.29, 0.717) is 21.2 Å². The molecular formula is C16H15Cl2N3O. The molecule has 1 heterocycles. The smallest absolute Gasteiger partial charge is 0.202 e. The van der Waals surface area contributed by atoms with E-state index >= 15 is 0 Å². The van der Waals surface area contributed by atoms with Gasteiger partial charge in [0.2, 0.25) is 5.62 Å². The van der Waals surface area contributed by atoms with Gasteiger partial charge in [-0.25, -0.2) is 0 Å². The number of aromatic nitrogens is 2. The highest BCUT2D eigenvalue weighted by atomic mass is 35.5. The second kappa shape index (κ2) is 5.80. The first-order chi connectivity index (χ1) is 10.5. The van der Waals surface area contributed by atoms with E-state index in [1.54, 1.807) is 27.3 Å². The summed E-state index contributed by atoms with van der Waals surface area (Å²) >= 11 is 11.9. The Morgan fingerprint density at radius 1 is 1.09 bits per heavy atom. The number of nitrogens with one attached hydrogen (secondary N) is 1. The van der Waals surface area contributed by atoms with Crippen LogP contribution in [0.1, 0.15) is 11.7 Å². The quantitative estimate of drug-likeness (QED) is 0.756. The maximum absolute atomic E-state index is 10.5. The van der Waals surface area contributed by atoms with Crippen LogP contribution >= 0.6 is 23.2 Å². The third-order valence-corrected chi connectivity index (χ3v) is 4.53. The maximum atomic E-state index is 10.5. The summed E-state index contributed by atoms with van der Waals surface area (Å²) in [6.07, 6.45) is -0.769. The summed E-state index contributed by atoms with van der Waals surface area (Å²) in [5.41, 5.74) is 2.87. The minimum absolute atomic E-state index is 0.276. The highest BCUT2D eigenvalue weighted by Gasteiger charge is 2.14. The second-order valence-electron chi connectivity index (χ2n) is 5.17. The number of rotatable bonds is 3. The number of halogens is 2. The van der Waals surface area contributed by atoms with Gasteiger partial charge in [0.15, 0.2) is 0 Å². The van der Waals surface area contributed by atoms with Crippen molar-refractivity contribution in [1.82, 2.24) is 9.13 Å². The van der Waals surface area contributed by atoms with Crippen molar-refractivity contribution in [2.24, 2.45) is 7.05 Å². The molecule has 6 heteroatoms. The fourth-order valence-electron chi connectivity index (χ4n) is 2.57. The van der Waals surface area contributed by atoms with Crippen molar-refractivity contribution in [1.29, 1.82) is 5.41 Å². The average molecular weight is 336 g/mol. The third kappa shape index (κ3) is 2.54. The lowest BCUT2D eigenvalue weighted by atomic mass is 10.1. The van der Waals surface area contributed by atoms with Crippen LogP contribution in [0.2, 0.25) is 10.0 Å². The highest BCUT2D eigenvalue weighted by molar-refractivity contribution is 6.42. The summed E-state index contributed by atoms with van der Waals surface area (Å²) in [7, 11) is 1.84. The number of nitrogens with zero attached hydrogens (tertiary/aromatic N) is 2. The van der Waals surface area contributed by atoms with Crippen molar-refractivity contribution in [2.45, 2.75) is 12.6 Å². The van der Waals surface area contributed by atoms with Crippen LogP contribution in [-0.4, -0.2) is 14.2 Å². The van der Waals surface area contributed by atoms with Crippen LogP contribution in [0.4, 0.5) is 0 Å². The van der Waals surface area contributed by atoms with E-state index in [9.17, 15) is 5.11 Å². The maximum Gasteiger partial charge on any atom is 0.202 e. The Balaban J connectivity index is 2.01. The number of imidazole rings is 1. The lowest BCUT2D eigenvalue weighted by Crippen LogP contribution is -2.25. The Labute approximate surface area is 137 Å². The SMILES string of the molecule is Cn1c(=N)n(C[C@H](O)c2ccc(Cl)c(Cl)c2)c2ccccc21. The zero-order chi connectivity index (χ0) is 15.9. The molecule has 114 valence electrons. The molecule has 3 aromatic rings. The molecule has 4 nitrogen and oxygen atoms in total. The minimum Gasteiger partial charge on any atom is -0.387 e. The number of hydrogen-bond donors (Lipinski definition) is 2. The molecule has 0 aliphatic carbocycles. The topological polar surface area (TPSA) is 53.9 Å². The number of para-hydroxylation sites is 2. The van der Waals surface area contributed by atoms with Gasteiger partial charge < -0.3 is 14.2 Å². The summed E-state index contributed by atoms with van der Waals surface area (Å²) in [6, 6.07) is 12.8. The van der Waals surface area contributed by atoms with Gasteiger partial charge in [-0.15, -0.1) is 0 Å². The second-order valence-corrected chi connectivity index (χ2v) is 5.99. The largest absolute Gasteiger partial charge is 0.387 e. The summed E-state index contributed by atoms with van der Waals surface area (Å²) in [5, 5.41) is 19.6.